The fraction of sp³-hybridized carbons (Fsp3) is 0.174. The van der Waals surface area contributed by atoms with E-state index in [1.807, 2.05) is 0 Å². The third-order valence-electron chi connectivity index (χ3n) is 5.53. The first kappa shape index (κ1) is 22.7. The van der Waals surface area contributed by atoms with Crippen molar-refractivity contribution in [3.8, 4) is 11.6 Å². The zero-order chi connectivity index (χ0) is 24.7. The lowest BCUT2D eigenvalue weighted by molar-refractivity contribution is -0.139. The smallest absolute Gasteiger partial charge is 0.419 e. The highest BCUT2D eigenvalue weighted by molar-refractivity contribution is 5.98. The fourth-order valence-electron chi connectivity index (χ4n) is 3.84. The van der Waals surface area contributed by atoms with Crippen molar-refractivity contribution in [1.29, 1.82) is 0 Å². The average Bonchev–Trinajstić information content (AvgIpc) is 3.22. The molecule has 0 aliphatic carbocycles. The molecule has 0 saturated carbocycles. The highest BCUT2D eigenvalue weighted by atomic mass is 19.4. The van der Waals surface area contributed by atoms with Crippen LogP contribution in [0.2, 0.25) is 0 Å². The van der Waals surface area contributed by atoms with Gasteiger partial charge in [0.05, 0.1) is 16.8 Å². The number of anilines is 1. The highest BCUT2D eigenvalue weighted by Gasteiger charge is 2.34. The lowest BCUT2D eigenvalue weighted by Crippen LogP contribution is -2.25. The van der Waals surface area contributed by atoms with E-state index in [1.165, 1.54) is 24.7 Å². The fourth-order valence-corrected chi connectivity index (χ4v) is 3.84. The molecule has 1 aliphatic rings. The molecule has 0 saturated heterocycles. The maximum absolute atomic E-state index is 14.9. The molecule has 0 atom stereocenters. The summed E-state index contributed by atoms with van der Waals surface area (Å²) in [5, 5.41) is 5.88. The SMILES string of the molecule is O=C(Nc1ccc(F)c(C(F)(F)F)c1)n1ccc2cc(Oc3ncnc4c3CCNC4)c(F)cc21. The van der Waals surface area contributed by atoms with Crippen LogP contribution in [0.5, 0.6) is 11.6 Å². The number of hydrogen-bond donors (Lipinski definition) is 2. The normalized spacial score (nSPS) is 13.5. The molecule has 1 aliphatic heterocycles. The van der Waals surface area contributed by atoms with Crippen molar-refractivity contribution in [2.24, 2.45) is 0 Å². The van der Waals surface area contributed by atoms with Gasteiger partial charge in [-0.25, -0.2) is 23.5 Å². The molecule has 180 valence electrons. The number of benzene rings is 2. The monoisotopic (exact) mass is 489 g/mol. The van der Waals surface area contributed by atoms with Gasteiger partial charge < -0.3 is 15.4 Å². The number of fused-ring (bicyclic) bond motifs is 2. The van der Waals surface area contributed by atoms with Gasteiger partial charge in [0.1, 0.15) is 12.1 Å². The molecule has 0 fully saturated rings. The van der Waals surface area contributed by atoms with Crippen molar-refractivity contribution in [3.63, 3.8) is 0 Å². The molecule has 0 bridgehead atoms. The number of carbonyl (C=O) groups excluding carboxylic acids is 1. The van der Waals surface area contributed by atoms with Crippen LogP contribution in [-0.2, 0) is 19.1 Å². The van der Waals surface area contributed by atoms with E-state index in [2.05, 4.69) is 20.6 Å². The quantitative estimate of drug-likeness (QED) is 0.385. The molecule has 2 aromatic heterocycles. The average molecular weight is 489 g/mol. The Morgan fingerprint density at radius 2 is 1.91 bits per heavy atom. The standard InChI is InChI=1S/C23H16F5N5O2/c24-16-2-1-13(8-15(16)23(26,27)28)32-22(34)33-6-4-12-7-20(17(25)9-19(12)33)35-21-14-3-5-29-10-18(14)30-11-31-21/h1-2,4,6-9,11,29H,3,5,10H2,(H,32,34). The zero-order valence-electron chi connectivity index (χ0n) is 17.8. The second-order valence-electron chi connectivity index (χ2n) is 7.78. The minimum Gasteiger partial charge on any atom is -0.436 e. The number of nitrogens with one attached hydrogen (secondary N) is 2. The molecule has 2 aromatic carbocycles. The summed E-state index contributed by atoms with van der Waals surface area (Å²) < 4.78 is 74.1. The summed E-state index contributed by atoms with van der Waals surface area (Å²) in [7, 11) is 0. The number of halogens is 5. The van der Waals surface area contributed by atoms with Crippen LogP contribution in [0.25, 0.3) is 10.9 Å². The predicted octanol–water partition coefficient (Wildman–Crippen LogP) is 5.25. The van der Waals surface area contributed by atoms with Crippen molar-refractivity contribution in [2.75, 3.05) is 11.9 Å². The molecule has 0 unspecified atom stereocenters. The number of ether oxygens (including phenoxy) is 1. The number of alkyl halides is 3. The van der Waals surface area contributed by atoms with Gasteiger partial charge in [-0.3, -0.25) is 4.57 Å². The topological polar surface area (TPSA) is 81.1 Å². The van der Waals surface area contributed by atoms with E-state index in [1.54, 1.807) is 0 Å². The lowest BCUT2D eigenvalue weighted by Gasteiger charge is -2.18. The van der Waals surface area contributed by atoms with Gasteiger partial charge in [-0.2, -0.15) is 13.2 Å². The van der Waals surface area contributed by atoms with Crippen LogP contribution < -0.4 is 15.4 Å². The largest absolute Gasteiger partial charge is 0.436 e. The number of hydrogen-bond acceptors (Lipinski definition) is 5. The Hall–Kier alpha value is -4.06. The Kier molecular flexibility index (Phi) is 5.59. The Bertz CT molecular complexity index is 1450. The van der Waals surface area contributed by atoms with Crippen molar-refractivity contribution < 1.29 is 31.5 Å². The van der Waals surface area contributed by atoms with E-state index >= 15 is 0 Å². The van der Waals surface area contributed by atoms with Gasteiger partial charge in [0.2, 0.25) is 5.88 Å². The summed E-state index contributed by atoms with van der Waals surface area (Å²) >= 11 is 0. The molecule has 3 heterocycles. The Morgan fingerprint density at radius 1 is 1.09 bits per heavy atom. The Balaban J connectivity index is 1.42. The van der Waals surface area contributed by atoms with E-state index < -0.39 is 29.4 Å². The van der Waals surface area contributed by atoms with Crippen LogP contribution in [0.4, 0.5) is 32.4 Å². The summed E-state index contributed by atoms with van der Waals surface area (Å²) in [6.45, 7) is 1.25. The van der Waals surface area contributed by atoms with Gasteiger partial charge in [0.25, 0.3) is 0 Å². The van der Waals surface area contributed by atoms with Crippen LogP contribution in [0, 0.1) is 11.6 Å². The third-order valence-corrected chi connectivity index (χ3v) is 5.53. The third kappa shape index (κ3) is 4.39. The lowest BCUT2D eigenvalue weighted by atomic mass is 10.1. The Morgan fingerprint density at radius 3 is 2.71 bits per heavy atom. The van der Waals surface area contributed by atoms with Crippen LogP contribution in [-0.4, -0.2) is 27.1 Å². The molecule has 7 nitrogen and oxygen atoms in total. The molecule has 4 aromatic rings. The molecule has 0 spiro atoms. The summed E-state index contributed by atoms with van der Waals surface area (Å²) in [5.74, 6) is -2.10. The molecule has 5 rings (SSSR count). The number of aromatic nitrogens is 3. The minimum absolute atomic E-state index is 0.108. The first-order chi connectivity index (χ1) is 16.7. The van der Waals surface area contributed by atoms with Crippen molar-refractivity contribution in [2.45, 2.75) is 19.1 Å². The molecular weight excluding hydrogens is 473 g/mol. The second-order valence-corrected chi connectivity index (χ2v) is 7.78. The molecule has 1 amide bonds. The molecule has 0 radical (unpaired) electrons. The van der Waals surface area contributed by atoms with E-state index in [9.17, 15) is 26.7 Å². The number of nitrogens with zero attached hydrogens (tertiary/aromatic N) is 3. The number of carbonyl (C=O) groups is 1. The van der Waals surface area contributed by atoms with E-state index in [-0.39, 0.29) is 22.8 Å². The van der Waals surface area contributed by atoms with Crippen molar-refractivity contribution in [3.05, 3.63) is 77.4 Å². The number of amides is 1. The van der Waals surface area contributed by atoms with Gasteiger partial charge in [0, 0.05) is 35.4 Å². The minimum atomic E-state index is -4.93. The first-order valence-corrected chi connectivity index (χ1v) is 10.4. The van der Waals surface area contributed by atoms with Gasteiger partial charge in [-0.1, -0.05) is 0 Å². The summed E-state index contributed by atoms with van der Waals surface area (Å²) in [5.41, 5.74) is -0.0862. The number of rotatable bonds is 3. The van der Waals surface area contributed by atoms with Gasteiger partial charge in [0.15, 0.2) is 11.6 Å². The maximum Gasteiger partial charge on any atom is 0.419 e. The summed E-state index contributed by atoms with van der Waals surface area (Å²) in [4.78, 5) is 21.0. The predicted molar refractivity (Wildman–Crippen MR) is 115 cm³/mol. The highest BCUT2D eigenvalue weighted by Crippen LogP contribution is 2.34. The van der Waals surface area contributed by atoms with Crippen LogP contribution in [0.3, 0.4) is 0 Å². The summed E-state index contributed by atoms with van der Waals surface area (Å²) in [6.07, 6.45) is -1.65. The van der Waals surface area contributed by atoms with E-state index in [0.29, 0.717) is 37.0 Å². The van der Waals surface area contributed by atoms with Gasteiger partial charge in [-0.05, 0) is 43.3 Å². The van der Waals surface area contributed by atoms with E-state index in [4.69, 9.17) is 4.74 Å². The van der Waals surface area contributed by atoms with E-state index in [0.717, 1.165) is 28.0 Å². The van der Waals surface area contributed by atoms with Crippen molar-refractivity contribution >= 4 is 22.6 Å². The van der Waals surface area contributed by atoms with Gasteiger partial charge in [-0.15, -0.1) is 0 Å². The first-order valence-electron chi connectivity index (χ1n) is 10.4. The molecule has 12 heteroatoms. The molecular formula is C23H16F5N5O2. The van der Waals surface area contributed by atoms with Crippen LogP contribution >= 0.6 is 0 Å². The Labute approximate surface area is 194 Å². The van der Waals surface area contributed by atoms with Gasteiger partial charge >= 0.3 is 12.2 Å². The molecule has 35 heavy (non-hydrogen) atoms. The molecule has 2 N–H and O–H groups in total. The van der Waals surface area contributed by atoms with Crippen LogP contribution in [0.1, 0.15) is 16.8 Å². The zero-order valence-corrected chi connectivity index (χ0v) is 17.8. The van der Waals surface area contributed by atoms with Crippen molar-refractivity contribution in [1.82, 2.24) is 19.9 Å². The summed E-state index contributed by atoms with van der Waals surface area (Å²) in [6, 6.07) is 5.23. The maximum atomic E-state index is 14.9. The van der Waals surface area contributed by atoms with Crippen LogP contribution in [0.15, 0.2) is 48.9 Å². The second kappa shape index (κ2) is 8.62.